The van der Waals surface area contributed by atoms with Crippen LogP contribution in [0, 0.1) is 0 Å². The zero-order valence-corrected chi connectivity index (χ0v) is 9.52. The first-order valence-electron chi connectivity index (χ1n) is 4.27. The number of halogens is 5. The van der Waals surface area contributed by atoms with Crippen molar-refractivity contribution in [1.82, 2.24) is 9.97 Å². The van der Waals surface area contributed by atoms with Gasteiger partial charge in [-0.05, 0) is 0 Å². The topological polar surface area (TPSA) is 29.0 Å². The van der Waals surface area contributed by atoms with E-state index in [1.807, 2.05) is 0 Å². The zero-order valence-electron chi connectivity index (χ0n) is 8.01. The van der Waals surface area contributed by atoms with E-state index in [1.54, 1.807) is 0 Å². The normalized spacial score (nSPS) is 11.6. The van der Waals surface area contributed by atoms with Crippen molar-refractivity contribution in [2.24, 2.45) is 0 Å². The van der Waals surface area contributed by atoms with Crippen molar-refractivity contribution in [1.29, 1.82) is 0 Å². The molecule has 0 unspecified atom stereocenters. The fourth-order valence-electron chi connectivity index (χ4n) is 1.12. The van der Waals surface area contributed by atoms with Gasteiger partial charge in [0.1, 0.15) is 17.9 Å². The van der Waals surface area contributed by atoms with Gasteiger partial charge in [-0.25, -0.2) is 9.97 Å². The molecule has 0 aliphatic heterocycles. The number of rotatable bonds is 4. The van der Waals surface area contributed by atoms with Crippen molar-refractivity contribution in [3.63, 3.8) is 0 Å². The monoisotopic (exact) mass is 273 g/mol. The van der Waals surface area contributed by atoms with Crippen molar-refractivity contribution in [2.45, 2.75) is 6.18 Å². The summed E-state index contributed by atoms with van der Waals surface area (Å²) in [6.07, 6.45) is -1.96. The Labute approximate surface area is 100 Å². The lowest BCUT2D eigenvalue weighted by molar-refractivity contribution is -0.119. The highest BCUT2D eigenvalue weighted by Gasteiger charge is 2.31. The van der Waals surface area contributed by atoms with Gasteiger partial charge in [0.05, 0.1) is 6.20 Å². The molecule has 16 heavy (non-hydrogen) atoms. The number of anilines is 1. The quantitative estimate of drug-likeness (QED) is 0.790. The van der Waals surface area contributed by atoms with Crippen LogP contribution in [0.2, 0.25) is 5.02 Å². The highest BCUT2D eigenvalue weighted by Crippen LogP contribution is 2.25. The molecule has 0 aliphatic rings. The second kappa shape index (κ2) is 5.54. The van der Waals surface area contributed by atoms with Crippen LogP contribution in [-0.2, 0) is 0 Å². The molecule has 0 saturated carbocycles. The zero-order chi connectivity index (χ0) is 12.2. The van der Waals surface area contributed by atoms with Crippen molar-refractivity contribution in [3.8, 4) is 0 Å². The summed E-state index contributed by atoms with van der Waals surface area (Å²) >= 11 is 11.1. The van der Waals surface area contributed by atoms with Crippen LogP contribution >= 0.6 is 23.2 Å². The summed E-state index contributed by atoms with van der Waals surface area (Å²) < 4.78 is 36.8. The Bertz CT molecular complexity index is 346. The molecule has 0 atom stereocenters. The highest BCUT2D eigenvalue weighted by atomic mass is 35.5. The summed E-state index contributed by atoms with van der Waals surface area (Å²) in [5.41, 5.74) is 0. The molecule has 0 aromatic carbocycles. The minimum atomic E-state index is -4.33. The first kappa shape index (κ1) is 13.3. The Morgan fingerprint density at radius 3 is 2.56 bits per heavy atom. The predicted molar refractivity (Wildman–Crippen MR) is 56.0 cm³/mol. The van der Waals surface area contributed by atoms with Gasteiger partial charge < -0.3 is 4.90 Å². The Kier molecular flexibility index (Phi) is 4.61. The van der Waals surface area contributed by atoms with Crippen molar-refractivity contribution >= 4 is 29.0 Å². The van der Waals surface area contributed by atoms with Crippen molar-refractivity contribution in [3.05, 3.63) is 17.5 Å². The van der Waals surface area contributed by atoms with Gasteiger partial charge in [0.2, 0.25) is 0 Å². The molecule has 1 aromatic heterocycles. The largest absolute Gasteiger partial charge is 0.405 e. The Morgan fingerprint density at radius 2 is 2.06 bits per heavy atom. The van der Waals surface area contributed by atoms with E-state index in [9.17, 15) is 13.2 Å². The van der Waals surface area contributed by atoms with E-state index in [0.717, 1.165) is 11.2 Å². The summed E-state index contributed by atoms with van der Waals surface area (Å²) in [5.74, 6) is 0.0887. The molecule has 0 radical (unpaired) electrons. The molecule has 90 valence electrons. The number of hydrogen-bond acceptors (Lipinski definition) is 3. The lowest BCUT2D eigenvalue weighted by Gasteiger charge is -2.24. The van der Waals surface area contributed by atoms with Gasteiger partial charge in [-0.1, -0.05) is 11.6 Å². The van der Waals surface area contributed by atoms with E-state index in [-0.39, 0.29) is 23.3 Å². The van der Waals surface area contributed by atoms with Gasteiger partial charge in [0.15, 0.2) is 5.82 Å². The Morgan fingerprint density at radius 1 is 1.38 bits per heavy atom. The third kappa shape index (κ3) is 4.02. The van der Waals surface area contributed by atoms with E-state index in [4.69, 9.17) is 23.2 Å². The van der Waals surface area contributed by atoms with E-state index < -0.39 is 12.7 Å². The molecular weight excluding hydrogens is 266 g/mol. The van der Waals surface area contributed by atoms with Crippen LogP contribution in [0.1, 0.15) is 0 Å². The number of nitrogens with zero attached hydrogens (tertiary/aromatic N) is 3. The summed E-state index contributed by atoms with van der Waals surface area (Å²) in [6, 6.07) is 0. The lowest BCUT2D eigenvalue weighted by atomic mass is 10.4. The molecule has 0 aliphatic carbocycles. The molecule has 0 fully saturated rings. The maximum Gasteiger partial charge on any atom is 0.405 e. The van der Waals surface area contributed by atoms with Crippen molar-refractivity contribution < 1.29 is 13.2 Å². The van der Waals surface area contributed by atoms with Crippen LogP contribution in [0.15, 0.2) is 12.5 Å². The van der Waals surface area contributed by atoms with Gasteiger partial charge in [0.25, 0.3) is 0 Å². The maximum atomic E-state index is 12.3. The number of aromatic nitrogens is 2. The second-order valence-corrected chi connectivity index (χ2v) is 3.71. The molecule has 3 nitrogen and oxygen atoms in total. The summed E-state index contributed by atoms with van der Waals surface area (Å²) in [4.78, 5) is 8.27. The van der Waals surface area contributed by atoms with E-state index in [1.165, 1.54) is 6.20 Å². The molecule has 1 aromatic rings. The first-order valence-corrected chi connectivity index (χ1v) is 5.18. The molecule has 0 amide bonds. The fourth-order valence-corrected chi connectivity index (χ4v) is 1.55. The SMILES string of the molecule is FC(F)(F)CN(CCCl)c1ncncc1Cl. The molecule has 8 heteroatoms. The van der Waals surface area contributed by atoms with Gasteiger partial charge in [-0.2, -0.15) is 13.2 Å². The van der Waals surface area contributed by atoms with Crippen LogP contribution in [0.4, 0.5) is 19.0 Å². The molecule has 0 N–H and O–H groups in total. The number of hydrogen-bond donors (Lipinski definition) is 0. The van der Waals surface area contributed by atoms with Crippen LogP contribution in [0.3, 0.4) is 0 Å². The minimum Gasteiger partial charge on any atom is -0.345 e. The van der Waals surface area contributed by atoms with Gasteiger partial charge in [0, 0.05) is 12.4 Å². The molecule has 0 spiro atoms. The van der Waals surface area contributed by atoms with Gasteiger partial charge >= 0.3 is 6.18 Å². The maximum absolute atomic E-state index is 12.3. The molecular formula is C8H8Cl2F3N3. The highest BCUT2D eigenvalue weighted by molar-refractivity contribution is 6.32. The summed E-state index contributed by atoms with van der Waals surface area (Å²) in [5, 5.41) is 0.0665. The Hall–Kier alpha value is -0.750. The van der Waals surface area contributed by atoms with Gasteiger partial charge in [-0.15, -0.1) is 11.6 Å². The minimum absolute atomic E-state index is 0.0117. The van der Waals surface area contributed by atoms with Crippen LogP contribution in [-0.4, -0.2) is 35.1 Å². The summed E-state index contributed by atoms with van der Waals surface area (Å²) in [6.45, 7) is -1.13. The third-order valence-electron chi connectivity index (χ3n) is 1.67. The average molecular weight is 274 g/mol. The van der Waals surface area contributed by atoms with Gasteiger partial charge in [-0.3, -0.25) is 0 Å². The summed E-state index contributed by atoms with van der Waals surface area (Å²) in [7, 11) is 0. The fraction of sp³-hybridized carbons (Fsp3) is 0.500. The van der Waals surface area contributed by atoms with Crippen molar-refractivity contribution in [2.75, 3.05) is 23.9 Å². The van der Waals surface area contributed by atoms with E-state index in [2.05, 4.69) is 9.97 Å². The number of alkyl halides is 4. The molecule has 0 saturated heterocycles. The average Bonchev–Trinajstić information content (AvgIpc) is 2.16. The Balaban J connectivity index is 2.89. The first-order chi connectivity index (χ1) is 7.44. The van der Waals surface area contributed by atoms with Crippen LogP contribution < -0.4 is 4.90 Å². The molecule has 1 heterocycles. The van der Waals surface area contributed by atoms with Crippen LogP contribution in [0.5, 0.6) is 0 Å². The second-order valence-electron chi connectivity index (χ2n) is 2.92. The molecule has 0 bridgehead atoms. The predicted octanol–water partition coefficient (Wildman–Crippen LogP) is 2.74. The van der Waals surface area contributed by atoms with Crippen LogP contribution in [0.25, 0.3) is 0 Å². The lowest BCUT2D eigenvalue weighted by Crippen LogP contribution is -2.36. The molecule has 1 rings (SSSR count). The third-order valence-corrected chi connectivity index (χ3v) is 2.11. The van der Waals surface area contributed by atoms with E-state index in [0.29, 0.717) is 0 Å². The standard InChI is InChI=1S/C8H8Cl2F3N3/c9-1-2-16(4-8(11,12)13)7-6(10)3-14-5-15-7/h3,5H,1-2,4H2. The smallest absolute Gasteiger partial charge is 0.345 e. The van der Waals surface area contributed by atoms with E-state index >= 15 is 0 Å².